The lowest BCUT2D eigenvalue weighted by atomic mass is 10.1. The molecule has 1 atom stereocenters. The Morgan fingerprint density at radius 1 is 1.29 bits per heavy atom. The summed E-state index contributed by atoms with van der Waals surface area (Å²) in [6.45, 7) is 2.62. The molecule has 1 aromatic heterocycles. The van der Waals surface area contributed by atoms with Gasteiger partial charge in [0.2, 0.25) is 5.91 Å². The first kappa shape index (κ1) is 16.4. The van der Waals surface area contributed by atoms with Crippen molar-refractivity contribution in [1.82, 2.24) is 10.1 Å². The number of carbonyl (C=O) groups is 1. The molecular weight excluding hydrogens is 308 g/mol. The molecule has 0 bridgehead atoms. The van der Waals surface area contributed by atoms with E-state index in [2.05, 4.69) is 5.16 Å². The van der Waals surface area contributed by atoms with Crippen LogP contribution in [0.2, 0.25) is 0 Å². The zero-order valence-electron chi connectivity index (χ0n) is 14.2. The highest BCUT2D eigenvalue weighted by molar-refractivity contribution is 5.79. The number of rotatable bonds is 5. The van der Waals surface area contributed by atoms with Crippen molar-refractivity contribution in [2.24, 2.45) is 0 Å². The van der Waals surface area contributed by atoms with Gasteiger partial charge in [-0.15, -0.1) is 0 Å². The minimum absolute atomic E-state index is 0.00935. The maximum atomic E-state index is 12.8. The van der Waals surface area contributed by atoms with Crippen LogP contribution in [0.25, 0.3) is 0 Å². The van der Waals surface area contributed by atoms with Crippen molar-refractivity contribution >= 4 is 5.91 Å². The maximum Gasteiger partial charge on any atom is 0.227 e. The van der Waals surface area contributed by atoms with Gasteiger partial charge in [-0.05, 0) is 37.5 Å². The van der Waals surface area contributed by atoms with Crippen molar-refractivity contribution in [2.75, 3.05) is 20.8 Å². The fourth-order valence-electron chi connectivity index (χ4n) is 3.18. The predicted molar refractivity (Wildman–Crippen MR) is 88.2 cm³/mol. The number of hydrogen-bond donors (Lipinski definition) is 0. The smallest absolute Gasteiger partial charge is 0.227 e. The third kappa shape index (κ3) is 3.22. The molecule has 128 valence electrons. The lowest BCUT2D eigenvalue weighted by molar-refractivity contribution is -0.131. The number of aryl methyl sites for hydroxylation is 1. The van der Waals surface area contributed by atoms with Crippen molar-refractivity contribution in [3.8, 4) is 11.5 Å². The summed E-state index contributed by atoms with van der Waals surface area (Å²) in [5, 5.41) is 4.08. The molecule has 0 spiro atoms. The molecule has 24 heavy (non-hydrogen) atoms. The number of hydrogen-bond acceptors (Lipinski definition) is 5. The van der Waals surface area contributed by atoms with Gasteiger partial charge in [0, 0.05) is 12.6 Å². The Bertz CT molecular complexity index is 726. The monoisotopic (exact) mass is 330 g/mol. The summed E-state index contributed by atoms with van der Waals surface area (Å²) >= 11 is 0. The Kier molecular flexibility index (Phi) is 4.74. The number of carbonyl (C=O) groups excluding carboxylic acids is 1. The van der Waals surface area contributed by atoms with Gasteiger partial charge in [-0.1, -0.05) is 11.2 Å². The lowest BCUT2D eigenvalue weighted by Crippen LogP contribution is -2.32. The van der Waals surface area contributed by atoms with Gasteiger partial charge in [0.1, 0.15) is 11.5 Å². The van der Waals surface area contributed by atoms with E-state index in [0.29, 0.717) is 17.9 Å². The van der Waals surface area contributed by atoms with Crippen molar-refractivity contribution in [3.05, 3.63) is 41.3 Å². The van der Waals surface area contributed by atoms with E-state index in [1.54, 1.807) is 14.2 Å². The molecule has 1 aliphatic heterocycles. The second kappa shape index (κ2) is 6.95. The Balaban J connectivity index is 1.74. The standard InChI is InChI=1S/C18H22N2O4/c1-12-9-14(19-24-12)15-5-4-8-20(15)18(21)11-13-6-7-16(22-2)17(10-13)23-3/h6-7,9-10,15H,4-5,8,11H2,1-3H3/t15-/m0/s1. The van der Waals surface area contributed by atoms with Crippen LogP contribution in [0.1, 0.15) is 35.9 Å². The molecule has 0 radical (unpaired) electrons. The van der Waals surface area contributed by atoms with E-state index in [1.165, 1.54) is 0 Å². The highest BCUT2D eigenvalue weighted by Gasteiger charge is 2.31. The van der Waals surface area contributed by atoms with E-state index in [9.17, 15) is 4.79 Å². The van der Waals surface area contributed by atoms with Crippen LogP contribution in [-0.4, -0.2) is 36.7 Å². The molecule has 2 aromatic rings. The summed E-state index contributed by atoms with van der Waals surface area (Å²) in [7, 11) is 3.18. The van der Waals surface area contributed by atoms with Gasteiger partial charge < -0.3 is 18.9 Å². The van der Waals surface area contributed by atoms with E-state index in [0.717, 1.165) is 36.4 Å². The second-order valence-electron chi connectivity index (χ2n) is 5.97. The molecule has 0 unspecified atom stereocenters. The van der Waals surface area contributed by atoms with E-state index in [4.69, 9.17) is 14.0 Å². The van der Waals surface area contributed by atoms with Gasteiger partial charge in [0.15, 0.2) is 11.5 Å². The summed E-state index contributed by atoms with van der Waals surface area (Å²) in [6, 6.07) is 7.48. The van der Waals surface area contributed by atoms with Crippen molar-refractivity contribution < 1.29 is 18.8 Å². The molecule has 1 amide bonds. The number of amides is 1. The topological polar surface area (TPSA) is 64.8 Å². The Morgan fingerprint density at radius 2 is 2.08 bits per heavy atom. The third-order valence-corrected chi connectivity index (χ3v) is 4.36. The minimum atomic E-state index is 0.00935. The van der Waals surface area contributed by atoms with Crippen LogP contribution in [0, 0.1) is 6.92 Å². The number of likely N-dealkylation sites (tertiary alicyclic amines) is 1. The number of aromatic nitrogens is 1. The predicted octanol–water partition coefficient (Wildman–Crippen LogP) is 2.91. The SMILES string of the molecule is COc1ccc(CC(=O)N2CCC[C@H]2c2cc(C)on2)cc1OC. The number of ether oxygens (including phenoxy) is 2. The fourth-order valence-corrected chi connectivity index (χ4v) is 3.18. The normalized spacial score (nSPS) is 17.1. The molecule has 1 saturated heterocycles. The van der Waals surface area contributed by atoms with Crippen LogP contribution in [0.4, 0.5) is 0 Å². The summed E-state index contributed by atoms with van der Waals surface area (Å²) in [4.78, 5) is 14.7. The molecule has 0 saturated carbocycles. The van der Waals surface area contributed by atoms with Gasteiger partial charge in [0.05, 0.1) is 26.7 Å². The van der Waals surface area contributed by atoms with Crippen LogP contribution < -0.4 is 9.47 Å². The average Bonchev–Trinajstić information content (AvgIpc) is 3.23. The molecular formula is C18H22N2O4. The first-order valence-electron chi connectivity index (χ1n) is 8.06. The Morgan fingerprint density at radius 3 is 2.75 bits per heavy atom. The van der Waals surface area contributed by atoms with E-state index in [1.807, 2.05) is 36.1 Å². The van der Waals surface area contributed by atoms with E-state index < -0.39 is 0 Å². The molecule has 1 aromatic carbocycles. The molecule has 6 nitrogen and oxygen atoms in total. The molecule has 1 aliphatic rings. The van der Waals surface area contributed by atoms with Crippen LogP contribution in [0.3, 0.4) is 0 Å². The van der Waals surface area contributed by atoms with E-state index in [-0.39, 0.29) is 11.9 Å². The minimum Gasteiger partial charge on any atom is -0.493 e. The molecule has 3 rings (SSSR count). The van der Waals surface area contributed by atoms with E-state index >= 15 is 0 Å². The first-order chi connectivity index (χ1) is 11.6. The third-order valence-electron chi connectivity index (χ3n) is 4.36. The van der Waals surface area contributed by atoms with Gasteiger partial charge in [-0.2, -0.15) is 0 Å². The fraction of sp³-hybridized carbons (Fsp3) is 0.444. The lowest BCUT2D eigenvalue weighted by Gasteiger charge is -2.23. The molecule has 1 fully saturated rings. The molecule has 2 heterocycles. The van der Waals surface area contributed by atoms with Crippen LogP contribution in [0.15, 0.2) is 28.8 Å². The zero-order chi connectivity index (χ0) is 17.1. The zero-order valence-corrected chi connectivity index (χ0v) is 14.2. The largest absolute Gasteiger partial charge is 0.493 e. The number of methoxy groups -OCH3 is 2. The first-order valence-corrected chi connectivity index (χ1v) is 8.06. The average molecular weight is 330 g/mol. The van der Waals surface area contributed by atoms with Gasteiger partial charge in [-0.25, -0.2) is 0 Å². The van der Waals surface area contributed by atoms with Gasteiger partial charge in [-0.3, -0.25) is 4.79 Å². The highest BCUT2D eigenvalue weighted by Crippen LogP contribution is 2.33. The van der Waals surface area contributed by atoms with Gasteiger partial charge >= 0.3 is 0 Å². The van der Waals surface area contributed by atoms with Crippen LogP contribution >= 0.6 is 0 Å². The Labute approximate surface area is 141 Å². The van der Waals surface area contributed by atoms with Crippen molar-refractivity contribution in [3.63, 3.8) is 0 Å². The maximum absolute atomic E-state index is 12.8. The van der Waals surface area contributed by atoms with Crippen LogP contribution in [0.5, 0.6) is 11.5 Å². The number of benzene rings is 1. The van der Waals surface area contributed by atoms with Crippen molar-refractivity contribution in [1.29, 1.82) is 0 Å². The summed E-state index contributed by atoms with van der Waals surface area (Å²) in [5.74, 6) is 2.15. The highest BCUT2D eigenvalue weighted by atomic mass is 16.5. The second-order valence-corrected chi connectivity index (χ2v) is 5.97. The summed E-state index contributed by atoms with van der Waals surface area (Å²) in [6.07, 6.45) is 2.23. The Hall–Kier alpha value is -2.50. The molecule has 6 heteroatoms. The quantitative estimate of drug-likeness (QED) is 0.843. The number of nitrogens with zero attached hydrogens (tertiary/aromatic N) is 2. The summed E-state index contributed by atoms with van der Waals surface area (Å²) < 4.78 is 15.7. The summed E-state index contributed by atoms with van der Waals surface area (Å²) in [5.41, 5.74) is 1.74. The molecule has 0 N–H and O–H groups in total. The van der Waals surface area contributed by atoms with Gasteiger partial charge in [0.25, 0.3) is 0 Å². The molecule has 0 aliphatic carbocycles. The van der Waals surface area contributed by atoms with Crippen LogP contribution in [-0.2, 0) is 11.2 Å². The van der Waals surface area contributed by atoms with Crippen molar-refractivity contribution in [2.45, 2.75) is 32.2 Å².